The average molecular weight is 286 g/mol. The first-order valence-electron chi connectivity index (χ1n) is 5.99. The Kier molecular flexibility index (Phi) is 5.31. The topological polar surface area (TPSA) is 95.5 Å². The van der Waals surface area contributed by atoms with Crippen LogP contribution in [0.4, 0.5) is 5.69 Å². The summed E-state index contributed by atoms with van der Waals surface area (Å²) < 4.78 is 25.8. The van der Waals surface area contributed by atoms with Crippen LogP contribution in [0.1, 0.15) is 20.3 Å². The number of nitrogens with one attached hydrogen (secondary N) is 2. The number of carbonyl (C=O) groups is 1. The smallest absolute Gasteiger partial charge is 0.326 e. The number of hydrogen-bond acceptors (Lipinski definition) is 4. The number of aliphatic carboxylic acids is 1. The number of anilines is 1. The highest BCUT2D eigenvalue weighted by atomic mass is 32.2. The van der Waals surface area contributed by atoms with E-state index in [4.69, 9.17) is 5.11 Å². The predicted molar refractivity (Wildman–Crippen MR) is 72.6 cm³/mol. The monoisotopic (exact) mass is 286 g/mol. The van der Waals surface area contributed by atoms with E-state index in [9.17, 15) is 13.2 Å². The van der Waals surface area contributed by atoms with E-state index in [0.717, 1.165) is 0 Å². The minimum absolute atomic E-state index is 0.156. The Hall–Kier alpha value is -1.60. The number of sulfonamides is 1. The summed E-state index contributed by atoms with van der Waals surface area (Å²) in [4.78, 5) is 11.0. The highest BCUT2D eigenvalue weighted by molar-refractivity contribution is 7.89. The third-order valence-electron chi connectivity index (χ3n) is 2.55. The largest absolute Gasteiger partial charge is 0.480 e. The molecule has 19 heavy (non-hydrogen) atoms. The molecule has 1 atom stereocenters. The molecule has 0 aliphatic carbocycles. The van der Waals surface area contributed by atoms with Gasteiger partial charge in [0.1, 0.15) is 6.04 Å². The van der Waals surface area contributed by atoms with Crippen molar-refractivity contribution in [3.63, 3.8) is 0 Å². The first-order valence-corrected chi connectivity index (χ1v) is 7.48. The maximum Gasteiger partial charge on any atom is 0.326 e. The van der Waals surface area contributed by atoms with Crippen LogP contribution >= 0.6 is 0 Å². The van der Waals surface area contributed by atoms with E-state index in [0.29, 0.717) is 18.7 Å². The molecule has 0 fully saturated rings. The van der Waals surface area contributed by atoms with Crippen LogP contribution < -0.4 is 10.0 Å². The van der Waals surface area contributed by atoms with Gasteiger partial charge in [-0.3, -0.25) is 0 Å². The van der Waals surface area contributed by atoms with Crippen LogP contribution in [0.3, 0.4) is 0 Å². The molecule has 1 aromatic rings. The molecular formula is C12H18N2O4S. The summed E-state index contributed by atoms with van der Waals surface area (Å²) in [6.45, 7) is 3.78. The Morgan fingerprint density at radius 2 is 1.84 bits per heavy atom. The molecule has 0 aliphatic rings. The van der Waals surface area contributed by atoms with E-state index >= 15 is 0 Å². The second kappa shape index (κ2) is 6.53. The summed E-state index contributed by atoms with van der Waals surface area (Å²) >= 11 is 0. The Balaban J connectivity index is 2.85. The average Bonchev–Trinajstić information content (AvgIpc) is 2.36. The molecule has 106 valence electrons. The van der Waals surface area contributed by atoms with Crippen molar-refractivity contribution in [1.82, 2.24) is 4.72 Å². The van der Waals surface area contributed by atoms with Crippen molar-refractivity contribution in [3.8, 4) is 0 Å². The maximum atomic E-state index is 11.7. The van der Waals surface area contributed by atoms with E-state index in [1.807, 2.05) is 0 Å². The first kappa shape index (κ1) is 15.5. The SMILES string of the molecule is CCNS(=O)(=O)c1ccc(NC(CC)C(=O)O)cc1. The van der Waals surface area contributed by atoms with E-state index in [-0.39, 0.29) is 4.90 Å². The normalized spacial score (nSPS) is 12.9. The molecule has 0 radical (unpaired) electrons. The Bertz CT molecular complexity index is 525. The van der Waals surface area contributed by atoms with E-state index in [1.54, 1.807) is 26.0 Å². The van der Waals surface area contributed by atoms with Gasteiger partial charge in [-0.1, -0.05) is 13.8 Å². The fraction of sp³-hybridized carbons (Fsp3) is 0.417. The van der Waals surface area contributed by atoms with Gasteiger partial charge in [-0.25, -0.2) is 17.9 Å². The molecule has 0 amide bonds. The summed E-state index contributed by atoms with van der Waals surface area (Å²) in [5.41, 5.74) is 0.574. The van der Waals surface area contributed by atoms with Gasteiger partial charge in [0, 0.05) is 12.2 Å². The number of carboxylic acids is 1. The summed E-state index contributed by atoms with van der Waals surface area (Å²) in [6.07, 6.45) is 0.437. The van der Waals surface area contributed by atoms with Gasteiger partial charge in [0.05, 0.1) is 4.90 Å². The zero-order valence-corrected chi connectivity index (χ0v) is 11.7. The summed E-state index contributed by atoms with van der Waals surface area (Å²) in [5, 5.41) is 11.7. The molecule has 0 aromatic heterocycles. The third-order valence-corrected chi connectivity index (χ3v) is 4.11. The second-order valence-corrected chi connectivity index (χ2v) is 5.74. The zero-order valence-electron chi connectivity index (χ0n) is 10.9. The maximum absolute atomic E-state index is 11.7. The minimum atomic E-state index is -3.47. The molecule has 0 heterocycles. The molecule has 7 heteroatoms. The van der Waals surface area contributed by atoms with E-state index in [1.165, 1.54) is 12.1 Å². The highest BCUT2D eigenvalue weighted by Crippen LogP contribution is 2.15. The van der Waals surface area contributed by atoms with Crippen LogP contribution in [0.2, 0.25) is 0 Å². The zero-order chi connectivity index (χ0) is 14.5. The first-order chi connectivity index (χ1) is 8.90. The fourth-order valence-electron chi connectivity index (χ4n) is 1.54. The standard InChI is InChI=1S/C12H18N2O4S/c1-3-11(12(15)16)14-9-5-7-10(8-6-9)19(17,18)13-4-2/h5-8,11,13-14H,3-4H2,1-2H3,(H,15,16). The van der Waals surface area contributed by atoms with Crippen LogP contribution in [-0.2, 0) is 14.8 Å². The van der Waals surface area contributed by atoms with E-state index < -0.39 is 22.0 Å². The Morgan fingerprint density at radius 3 is 2.26 bits per heavy atom. The van der Waals surface area contributed by atoms with Gasteiger partial charge in [0.2, 0.25) is 10.0 Å². The molecule has 1 rings (SSSR count). The minimum Gasteiger partial charge on any atom is -0.480 e. The highest BCUT2D eigenvalue weighted by Gasteiger charge is 2.15. The molecule has 1 unspecified atom stereocenters. The van der Waals surface area contributed by atoms with Crippen molar-refractivity contribution < 1.29 is 18.3 Å². The van der Waals surface area contributed by atoms with Gasteiger partial charge in [-0.15, -0.1) is 0 Å². The van der Waals surface area contributed by atoms with Crippen molar-refractivity contribution in [1.29, 1.82) is 0 Å². The summed E-state index contributed by atoms with van der Waals surface area (Å²) in [5.74, 6) is -0.938. The molecule has 0 bridgehead atoms. The molecular weight excluding hydrogens is 268 g/mol. The molecule has 1 aromatic carbocycles. The molecule has 6 nitrogen and oxygen atoms in total. The van der Waals surface area contributed by atoms with Gasteiger partial charge >= 0.3 is 5.97 Å². The lowest BCUT2D eigenvalue weighted by atomic mass is 10.2. The van der Waals surface area contributed by atoms with Crippen LogP contribution in [0.5, 0.6) is 0 Å². The number of hydrogen-bond donors (Lipinski definition) is 3. The number of carboxylic acid groups (broad SMARTS) is 1. The van der Waals surface area contributed by atoms with Gasteiger partial charge in [-0.05, 0) is 30.7 Å². The lowest BCUT2D eigenvalue weighted by Gasteiger charge is -2.14. The Labute approximate surface area is 112 Å². The van der Waals surface area contributed by atoms with Crippen LogP contribution in [0.15, 0.2) is 29.2 Å². The van der Waals surface area contributed by atoms with Crippen LogP contribution in [0, 0.1) is 0 Å². The number of benzene rings is 1. The van der Waals surface area contributed by atoms with Crippen molar-refractivity contribution in [2.45, 2.75) is 31.2 Å². The molecule has 0 saturated carbocycles. The fourth-order valence-corrected chi connectivity index (χ4v) is 2.58. The van der Waals surface area contributed by atoms with Crippen molar-refractivity contribution in [2.75, 3.05) is 11.9 Å². The van der Waals surface area contributed by atoms with Crippen LogP contribution in [-0.4, -0.2) is 32.1 Å². The molecule has 3 N–H and O–H groups in total. The van der Waals surface area contributed by atoms with Crippen molar-refractivity contribution in [3.05, 3.63) is 24.3 Å². The van der Waals surface area contributed by atoms with Gasteiger partial charge < -0.3 is 10.4 Å². The molecule has 0 aliphatic heterocycles. The third kappa shape index (κ3) is 4.22. The Morgan fingerprint density at radius 1 is 1.26 bits per heavy atom. The van der Waals surface area contributed by atoms with Gasteiger partial charge in [0.25, 0.3) is 0 Å². The van der Waals surface area contributed by atoms with Crippen LogP contribution in [0.25, 0.3) is 0 Å². The van der Waals surface area contributed by atoms with Gasteiger partial charge in [0.15, 0.2) is 0 Å². The van der Waals surface area contributed by atoms with Crippen molar-refractivity contribution in [2.24, 2.45) is 0 Å². The van der Waals surface area contributed by atoms with Gasteiger partial charge in [-0.2, -0.15) is 0 Å². The number of rotatable bonds is 7. The molecule has 0 saturated heterocycles. The van der Waals surface area contributed by atoms with E-state index in [2.05, 4.69) is 10.0 Å². The quantitative estimate of drug-likeness (QED) is 0.701. The lowest BCUT2D eigenvalue weighted by molar-refractivity contribution is -0.137. The predicted octanol–water partition coefficient (Wildman–Crippen LogP) is 1.26. The molecule has 0 spiro atoms. The van der Waals surface area contributed by atoms with Crippen molar-refractivity contribution >= 4 is 21.7 Å². The summed E-state index contributed by atoms with van der Waals surface area (Å²) in [6, 6.07) is 5.30. The lowest BCUT2D eigenvalue weighted by Crippen LogP contribution is -2.28. The second-order valence-electron chi connectivity index (χ2n) is 3.97. The summed E-state index contributed by atoms with van der Waals surface area (Å²) in [7, 11) is -3.47.